The molecule has 7 heteroatoms. The fourth-order valence-corrected chi connectivity index (χ4v) is 2.61. The Morgan fingerprint density at radius 2 is 2.12 bits per heavy atom. The van der Waals surface area contributed by atoms with Crippen molar-refractivity contribution in [3.63, 3.8) is 0 Å². The average molecular weight is 352 g/mol. The van der Waals surface area contributed by atoms with Crippen LogP contribution in [0.1, 0.15) is 16.1 Å². The first kappa shape index (κ1) is 17.3. The second kappa shape index (κ2) is 7.57. The molecule has 0 aliphatic carbocycles. The molecular formula is C19H17FN4O2. The standard InChI is InChI=1S/C19H17FN4O2/c1-26-13-6-5-12-9-18(24-17(12)10-13)19(25)23-8-7-22-16-4-2-3-15(20)14(16)11-21/h2-6,9-10,22,24H,7-8H2,1H3,(H,23,25). The fourth-order valence-electron chi connectivity index (χ4n) is 2.61. The molecule has 26 heavy (non-hydrogen) atoms. The van der Waals surface area contributed by atoms with Gasteiger partial charge in [-0.2, -0.15) is 5.26 Å². The Morgan fingerprint density at radius 3 is 2.88 bits per heavy atom. The average Bonchev–Trinajstić information content (AvgIpc) is 3.08. The van der Waals surface area contributed by atoms with Crippen LogP contribution in [0.25, 0.3) is 10.9 Å². The summed E-state index contributed by atoms with van der Waals surface area (Å²) >= 11 is 0. The lowest BCUT2D eigenvalue weighted by atomic mass is 10.2. The first-order chi connectivity index (χ1) is 12.6. The highest BCUT2D eigenvalue weighted by Crippen LogP contribution is 2.21. The fraction of sp³-hybridized carbons (Fsp3) is 0.158. The van der Waals surface area contributed by atoms with Crippen LogP contribution in [-0.4, -0.2) is 31.1 Å². The van der Waals surface area contributed by atoms with E-state index in [2.05, 4.69) is 15.6 Å². The van der Waals surface area contributed by atoms with Crippen LogP contribution in [0, 0.1) is 17.1 Å². The van der Waals surface area contributed by atoms with Crippen LogP contribution >= 0.6 is 0 Å². The Bertz CT molecular complexity index is 991. The van der Waals surface area contributed by atoms with Crippen molar-refractivity contribution in [3.05, 3.63) is 59.5 Å². The predicted octanol–water partition coefficient (Wildman–Crippen LogP) is 3.03. The van der Waals surface area contributed by atoms with Crippen molar-refractivity contribution in [1.29, 1.82) is 5.26 Å². The molecule has 0 unspecified atom stereocenters. The van der Waals surface area contributed by atoms with Crippen LogP contribution in [-0.2, 0) is 0 Å². The molecule has 6 nitrogen and oxygen atoms in total. The molecular weight excluding hydrogens is 335 g/mol. The van der Waals surface area contributed by atoms with Crippen molar-refractivity contribution >= 4 is 22.5 Å². The Morgan fingerprint density at radius 1 is 1.27 bits per heavy atom. The molecule has 0 aliphatic heterocycles. The minimum atomic E-state index is -0.574. The number of halogens is 1. The van der Waals surface area contributed by atoms with E-state index in [0.29, 0.717) is 30.2 Å². The van der Waals surface area contributed by atoms with Gasteiger partial charge in [-0.15, -0.1) is 0 Å². The molecule has 1 amide bonds. The monoisotopic (exact) mass is 352 g/mol. The summed E-state index contributed by atoms with van der Waals surface area (Å²) in [6, 6.07) is 13.5. The zero-order valence-electron chi connectivity index (χ0n) is 14.1. The summed E-state index contributed by atoms with van der Waals surface area (Å²) < 4.78 is 18.7. The first-order valence-electron chi connectivity index (χ1n) is 8.00. The Hall–Kier alpha value is -3.53. The van der Waals surface area contributed by atoms with E-state index in [0.717, 1.165) is 10.9 Å². The molecule has 0 atom stereocenters. The summed E-state index contributed by atoms with van der Waals surface area (Å²) in [5, 5.41) is 15.6. The molecule has 3 aromatic rings. The van der Waals surface area contributed by atoms with Crippen molar-refractivity contribution in [2.45, 2.75) is 0 Å². The van der Waals surface area contributed by atoms with E-state index in [1.165, 1.54) is 12.1 Å². The van der Waals surface area contributed by atoms with Crippen LogP contribution in [0.4, 0.5) is 10.1 Å². The summed E-state index contributed by atoms with van der Waals surface area (Å²) in [7, 11) is 1.58. The van der Waals surface area contributed by atoms with Crippen molar-refractivity contribution in [1.82, 2.24) is 10.3 Å². The predicted molar refractivity (Wildman–Crippen MR) is 96.8 cm³/mol. The van der Waals surface area contributed by atoms with Crippen LogP contribution < -0.4 is 15.4 Å². The van der Waals surface area contributed by atoms with Crippen molar-refractivity contribution in [2.24, 2.45) is 0 Å². The highest BCUT2D eigenvalue weighted by atomic mass is 19.1. The summed E-state index contributed by atoms with van der Waals surface area (Å²) in [5.74, 6) is -0.115. The first-order valence-corrected chi connectivity index (χ1v) is 8.00. The summed E-state index contributed by atoms with van der Waals surface area (Å²) in [4.78, 5) is 15.3. The summed E-state index contributed by atoms with van der Waals surface area (Å²) in [6.45, 7) is 0.677. The zero-order chi connectivity index (χ0) is 18.5. The molecule has 0 radical (unpaired) electrons. The molecule has 0 bridgehead atoms. The van der Waals surface area contributed by atoms with E-state index in [1.54, 1.807) is 19.2 Å². The highest BCUT2D eigenvalue weighted by Gasteiger charge is 2.10. The van der Waals surface area contributed by atoms with Crippen LogP contribution in [0.15, 0.2) is 42.5 Å². The third-order valence-corrected chi connectivity index (χ3v) is 3.93. The minimum Gasteiger partial charge on any atom is -0.497 e. The van der Waals surface area contributed by atoms with E-state index in [9.17, 15) is 9.18 Å². The summed E-state index contributed by atoms with van der Waals surface area (Å²) in [6.07, 6.45) is 0. The second-order valence-corrected chi connectivity index (χ2v) is 5.59. The van der Waals surface area contributed by atoms with Gasteiger partial charge in [0.25, 0.3) is 5.91 Å². The number of hydrogen-bond donors (Lipinski definition) is 3. The number of ether oxygens (including phenoxy) is 1. The maximum Gasteiger partial charge on any atom is 0.267 e. The van der Waals surface area contributed by atoms with E-state index >= 15 is 0 Å². The van der Waals surface area contributed by atoms with Crippen molar-refractivity contribution in [3.8, 4) is 11.8 Å². The van der Waals surface area contributed by atoms with E-state index in [1.807, 2.05) is 24.3 Å². The number of amides is 1. The van der Waals surface area contributed by atoms with Gasteiger partial charge in [0.1, 0.15) is 28.9 Å². The number of fused-ring (bicyclic) bond motifs is 1. The number of anilines is 1. The number of rotatable bonds is 6. The molecule has 0 saturated carbocycles. The van der Waals surface area contributed by atoms with Crippen LogP contribution in [0.2, 0.25) is 0 Å². The molecule has 0 fully saturated rings. The van der Waals surface area contributed by atoms with Gasteiger partial charge >= 0.3 is 0 Å². The largest absolute Gasteiger partial charge is 0.497 e. The number of H-pyrrole nitrogens is 1. The van der Waals surface area contributed by atoms with Gasteiger partial charge in [-0.3, -0.25) is 4.79 Å². The molecule has 1 heterocycles. The SMILES string of the molecule is COc1ccc2cc(C(=O)NCCNc3cccc(F)c3C#N)[nH]c2c1. The third-order valence-electron chi connectivity index (χ3n) is 3.93. The van der Waals surface area contributed by atoms with Gasteiger partial charge < -0.3 is 20.4 Å². The number of methoxy groups -OCH3 is 1. The third kappa shape index (κ3) is 3.59. The molecule has 1 aromatic heterocycles. The topological polar surface area (TPSA) is 89.9 Å². The number of aromatic nitrogens is 1. The Labute approximate surface area is 149 Å². The molecule has 0 saturated heterocycles. The van der Waals surface area contributed by atoms with Gasteiger partial charge in [0.2, 0.25) is 0 Å². The molecule has 2 aromatic carbocycles. The number of carbonyl (C=O) groups excluding carboxylic acids is 1. The van der Waals surface area contributed by atoms with E-state index in [4.69, 9.17) is 10.00 Å². The smallest absolute Gasteiger partial charge is 0.267 e. The van der Waals surface area contributed by atoms with Gasteiger partial charge in [-0.05, 0) is 30.3 Å². The highest BCUT2D eigenvalue weighted by molar-refractivity contribution is 5.98. The maximum atomic E-state index is 13.5. The number of nitriles is 1. The van der Waals surface area contributed by atoms with E-state index < -0.39 is 5.82 Å². The molecule has 0 spiro atoms. The van der Waals surface area contributed by atoms with E-state index in [-0.39, 0.29) is 11.5 Å². The van der Waals surface area contributed by atoms with Gasteiger partial charge in [-0.1, -0.05) is 6.07 Å². The van der Waals surface area contributed by atoms with Crippen LogP contribution in [0.3, 0.4) is 0 Å². The van der Waals surface area contributed by atoms with Gasteiger partial charge in [0, 0.05) is 30.1 Å². The molecule has 0 aliphatic rings. The lowest BCUT2D eigenvalue weighted by Gasteiger charge is -2.09. The number of benzene rings is 2. The Kier molecular flexibility index (Phi) is 5.04. The lowest BCUT2D eigenvalue weighted by molar-refractivity contribution is 0.0951. The lowest BCUT2D eigenvalue weighted by Crippen LogP contribution is -2.29. The normalized spacial score (nSPS) is 10.3. The van der Waals surface area contributed by atoms with Crippen molar-refractivity contribution < 1.29 is 13.9 Å². The van der Waals surface area contributed by atoms with Gasteiger partial charge in [0.05, 0.1) is 12.8 Å². The number of nitrogens with zero attached hydrogens (tertiary/aromatic N) is 1. The quantitative estimate of drug-likeness (QED) is 0.595. The summed E-state index contributed by atoms with van der Waals surface area (Å²) in [5.41, 5.74) is 1.62. The van der Waals surface area contributed by atoms with Crippen LogP contribution in [0.5, 0.6) is 5.75 Å². The van der Waals surface area contributed by atoms with Gasteiger partial charge in [-0.25, -0.2) is 4.39 Å². The zero-order valence-corrected chi connectivity index (χ0v) is 14.1. The maximum absolute atomic E-state index is 13.5. The van der Waals surface area contributed by atoms with Gasteiger partial charge in [0.15, 0.2) is 0 Å². The number of hydrogen-bond acceptors (Lipinski definition) is 4. The minimum absolute atomic E-state index is 0.0385. The number of aromatic amines is 1. The number of carbonyl (C=O) groups is 1. The molecule has 3 rings (SSSR count). The second-order valence-electron chi connectivity index (χ2n) is 5.59. The Balaban J connectivity index is 1.58. The molecule has 132 valence electrons. The number of nitrogens with one attached hydrogen (secondary N) is 3. The van der Waals surface area contributed by atoms with Crippen molar-refractivity contribution in [2.75, 3.05) is 25.5 Å². The molecule has 3 N–H and O–H groups in total.